The highest BCUT2D eigenvalue weighted by molar-refractivity contribution is 7.92. The molecule has 9 nitrogen and oxygen atoms in total. The van der Waals surface area contributed by atoms with Gasteiger partial charge in [-0.25, -0.2) is 23.4 Å². The lowest BCUT2D eigenvalue weighted by atomic mass is 10.2. The Morgan fingerprint density at radius 3 is 2.06 bits per heavy atom. The fourth-order valence-corrected chi connectivity index (χ4v) is 3.97. The van der Waals surface area contributed by atoms with Crippen molar-refractivity contribution in [2.45, 2.75) is 11.8 Å². The van der Waals surface area contributed by atoms with E-state index >= 15 is 0 Å². The molecule has 0 atom stereocenters. The Morgan fingerprint density at radius 1 is 0.758 bits per heavy atom. The summed E-state index contributed by atoms with van der Waals surface area (Å²) in [6, 6.07) is 19.8. The van der Waals surface area contributed by atoms with E-state index in [1.54, 1.807) is 36.5 Å². The molecule has 2 heterocycles. The summed E-state index contributed by atoms with van der Waals surface area (Å²) in [6.07, 6.45) is 3.10. The number of benzene rings is 2. The van der Waals surface area contributed by atoms with E-state index in [4.69, 9.17) is 0 Å². The molecule has 0 radical (unpaired) electrons. The van der Waals surface area contributed by atoms with Gasteiger partial charge in [0.1, 0.15) is 23.8 Å². The number of sulfonamides is 1. The molecule has 0 bridgehead atoms. The third-order valence-corrected chi connectivity index (χ3v) is 5.97. The average Bonchev–Trinajstić information content (AvgIpc) is 2.81. The summed E-state index contributed by atoms with van der Waals surface area (Å²) in [7, 11) is -3.78. The van der Waals surface area contributed by atoms with Crippen molar-refractivity contribution in [2.75, 3.05) is 15.4 Å². The molecule has 0 fully saturated rings. The Morgan fingerprint density at radius 2 is 1.42 bits per heavy atom. The van der Waals surface area contributed by atoms with Crippen LogP contribution < -0.4 is 15.4 Å². The quantitative estimate of drug-likeness (QED) is 0.331. The van der Waals surface area contributed by atoms with E-state index in [1.807, 2.05) is 18.2 Å². The average molecular weight is 461 g/mol. The van der Waals surface area contributed by atoms with Crippen molar-refractivity contribution < 1.29 is 13.2 Å². The highest BCUT2D eigenvalue weighted by Crippen LogP contribution is 2.22. The van der Waals surface area contributed by atoms with Crippen LogP contribution in [0.2, 0.25) is 0 Å². The standard InChI is InChI=1S/C23H20N6O3S/c1-16(30)17-5-11-20(12-6-17)33(31,32)29-19-9-7-18(8-10-19)27-22-14-23(26-15-25-22)28-21-4-2-3-13-24-21/h2-15,29H,1H3,(H2,24,25,26,27,28). The van der Waals surface area contributed by atoms with Crippen molar-refractivity contribution in [3.63, 3.8) is 0 Å². The van der Waals surface area contributed by atoms with Crippen LogP contribution in [-0.2, 0) is 10.0 Å². The number of nitrogens with one attached hydrogen (secondary N) is 3. The van der Waals surface area contributed by atoms with E-state index in [1.165, 1.54) is 37.5 Å². The van der Waals surface area contributed by atoms with Crippen LogP contribution >= 0.6 is 0 Å². The first kappa shape index (κ1) is 21.9. The van der Waals surface area contributed by atoms with Gasteiger partial charge >= 0.3 is 0 Å². The third-order valence-electron chi connectivity index (χ3n) is 4.57. The van der Waals surface area contributed by atoms with Crippen molar-refractivity contribution in [3.05, 3.63) is 90.9 Å². The summed E-state index contributed by atoms with van der Waals surface area (Å²) >= 11 is 0. The van der Waals surface area contributed by atoms with Crippen LogP contribution in [0.5, 0.6) is 0 Å². The van der Waals surface area contributed by atoms with Crippen LogP contribution in [-0.4, -0.2) is 29.2 Å². The van der Waals surface area contributed by atoms with Gasteiger partial charge < -0.3 is 10.6 Å². The van der Waals surface area contributed by atoms with Gasteiger partial charge in [-0.1, -0.05) is 18.2 Å². The molecular formula is C23H20N6O3S. The van der Waals surface area contributed by atoms with Gasteiger partial charge in [-0.05, 0) is 55.5 Å². The molecule has 10 heteroatoms. The minimum atomic E-state index is -3.78. The normalized spacial score (nSPS) is 10.9. The Bertz CT molecular complexity index is 1360. The van der Waals surface area contributed by atoms with Gasteiger partial charge in [0.05, 0.1) is 4.90 Å². The number of rotatable bonds is 8. The predicted octanol–water partition coefficient (Wildman–Crippen LogP) is 4.36. The summed E-state index contributed by atoms with van der Waals surface area (Å²) in [5.74, 6) is 1.67. The largest absolute Gasteiger partial charge is 0.340 e. The zero-order valence-corrected chi connectivity index (χ0v) is 18.4. The van der Waals surface area contributed by atoms with Gasteiger partial charge in [-0.15, -0.1) is 0 Å². The molecule has 2 aromatic carbocycles. The number of hydrogen-bond donors (Lipinski definition) is 3. The summed E-state index contributed by atoms with van der Waals surface area (Å²) in [4.78, 5) is 24.0. The molecule has 0 aliphatic heterocycles. The fraction of sp³-hybridized carbons (Fsp3) is 0.0435. The van der Waals surface area contributed by atoms with E-state index in [0.29, 0.717) is 34.4 Å². The van der Waals surface area contributed by atoms with Gasteiger partial charge in [0, 0.05) is 29.2 Å². The maximum absolute atomic E-state index is 12.6. The van der Waals surface area contributed by atoms with Crippen molar-refractivity contribution in [3.8, 4) is 0 Å². The Labute approximate surface area is 191 Å². The molecule has 0 saturated carbocycles. The monoisotopic (exact) mass is 460 g/mol. The van der Waals surface area contributed by atoms with Crippen LogP contribution in [0.3, 0.4) is 0 Å². The molecule has 0 unspecified atom stereocenters. The van der Waals surface area contributed by atoms with Crippen LogP contribution in [0.1, 0.15) is 17.3 Å². The van der Waals surface area contributed by atoms with Crippen LogP contribution in [0.15, 0.2) is 90.2 Å². The van der Waals surface area contributed by atoms with Crippen molar-refractivity contribution in [1.82, 2.24) is 15.0 Å². The molecule has 33 heavy (non-hydrogen) atoms. The molecular weight excluding hydrogens is 440 g/mol. The Balaban J connectivity index is 1.42. The maximum atomic E-state index is 12.6. The summed E-state index contributed by atoms with van der Waals surface area (Å²) in [5, 5.41) is 6.24. The van der Waals surface area contributed by atoms with Crippen molar-refractivity contribution >= 4 is 44.6 Å². The number of carbonyl (C=O) groups excluding carboxylic acids is 1. The molecule has 2 aromatic heterocycles. The van der Waals surface area contributed by atoms with Crippen molar-refractivity contribution in [2.24, 2.45) is 0 Å². The molecule has 4 aromatic rings. The second-order valence-corrected chi connectivity index (χ2v) is 8.70. The molecule has 0 aliphatic rings. The first-order valence-corrected chi connectivity index (χ1v) is 11.4. The minimum Gasteiger partial charge on any atom is -0.340 e. The molecule has 0 saturated heterocycles. The molecule has 0 amide bonds. The van der Waals surface area contributed by atoms with Crippen LogP contribution in [0.4, 0.5) is 28.8 Å². The van der Waals surface area contributed by atoms with E-state index in [9.17, 15) is 13.2 Å². The number of carbonyl (C=O) groups is 1. The van der Waals surface area contributed by atoms with E-state index in [2.05, 4.69) is 30.3 Å². The fourth-order valence-electron chi connectivity index (χ4n) is 2.91. The highest BCUT2D eigenvalue weighted by atomic mass is 32.2. The first-order valence-electron chi connectivity index (χ1n) is 9.90. The summed E-state index contributed by atoms with van der Waals surface area (Å²) in [5.41, 5.74) is 1.56. The second-order valence-electron chi connectivity index (χ2n) is 7.02. The number of pyridine rings is 1. The molecule has 4 rings (SSSR count). The number of aromatic nitrogens is 3. The first-order chi connectivity index (χ1) is 15.9. The van der Waals surface area contributed by atoms with E-state index < -0.39 is 10.0 Å². The molecule has 0 spiro atoms. The Kier molecular flexibility index (Phi) is 6.27. The lowest BCUT2D eigenvalue weighted by Crippen LogP contribution is -2.13. The van der Waals surface area contributed by atoms with Crippen molar-refractivity contribution in [1.29, 1.82) is 0 Å². The van der Waals surface area contributed by atoms with Gasteiger partial charge in [-0.2, -0.15) is 0 Å². The second kappa shape index (κ2) is 9.45. The predicted molar refractivity (Wildman–Crippen MR) is 127 cm³/mol. The number of ketones is 1. The zero-order valence-electron chi connectivity index (χ0n) is 17.6. The van der Waals surface area contributed by atoms with E-state index in [0.717, 1.165) is 0 Å². The topological polar surface area (TPSA) is 126 Å². The van der Waals surface area contributed by atoms with Crippen LogP contribution in [0, 0.1) is 0 Å². The summed E-state index contributed by atoms with van der Waals surface area (Å²) < 4.78 is 27.7. The number of Topliss-reactive ketones (excluding diaryl/α,β-unsaturated/α-hetero) is 1. The Hall–Kier alpha value is -4.31. The number of nitrogens with zero attached hydrogens (tertiary/aromatic N) is 3. The van der Waals surface area contributed by atoms with Gasteiger partial charge in [0.25, 0.3) is 10.0 Å². The summed E-state index contributed by atoms with van der Waals surface area (Å²) in [6.45, 7) is 1.43. The minimum absolute atomic E-state index is 0.0728. The third kappa shape index (κ3) is 5.69. The lowest BCUT2D eigenvalue weighted by molar-refractivity contribution is 0.101. The van der Waals surface area contributed by atoms with Gasteiger partial charge in [0.2, 0.25) is 0 Å². The SMILES string of the molecule is CC(=O)c1ccc(S(=O)(=O)Nc2ccc(Nc3cc(Nc4ccccn4)ncn3)cc2)cc1. The maximum Gasteiger partial charge on any atom is 0.261 e. The molecule has 166 valence electrons. The zero-order chi connectivity index (χ0) is 23.3. The lowest BCUT2D eigenvalue weighted by Gasteiger charge is -2.11. The van der Waals surface area contributed by atoms with E-state index in [-0.39, 0.29) is 10.7 Å². The highest BCUT2D eigenvalue weighted by Gasteiger charge is 2.14. The molecule has 0 aliphatic carbocycles. The van der Waals surface area contributed by atoms with Crippen LogP contribution in [0.25, 0.3) is 0 Å². The number of anilines is 5. The van der Waals surface area contributed by atoms with Gasteiger partial charge in [-0.3, -0.25) is 9.52 Å². The van der Waals surface area contributed by atoms with Gasteiger partial charge in [0.15, 0.2) is 5.78 Å². The molecule has 3 N–H and O–H groups in total. The smallest absolute Gasteiger partial charge is 0.261 e. The number of hydrogen-bond acceptors (Lipinski definition) is 8.